The summed E-state index contributed by atoms with van der Waals surface area (Å²) in [5.41, 5.74) is 1.42. The Morgan fingerprint density at radius 2 is 2.10 bits per heavy atom. The summed E-state index contributed by atoms with van der Waals surface area (Å²) in [5.74, 6) is 0.944. The molecule has 0 saturated heterocycles. The topological polar surface area (TPSA) is 97.1 Å². The Balaban J connectivity index is 2.23. The van der Waals surface area contributed by atoms with Crippen LogP contribution in [0.2, 0.25) is 0 Å². The minimum absolute atomic E-state index is 0.124. The van der Waals surface area contributed by atoms with Crippen LogP contribution < -0.4 is 10.0 Å². The molecule has 2 rings (SSSR count). The number of aromatic nitrogens is 2. The van der Waals surface area contributed by atoms with E-state index >= 15 is 0 Å². The Morgan fingerprint density at radius 1 is 1.33 bits per heavy atom. The lowest BCUT2D eigenvalue weighted by atomic mass is 10.2. The third-order valence-electron chi connectivity index (χ3n) is 3.02. The second-order valence-electron chi connectivity index (χ2n) is 4.51. The number of nitrogens with one attached hydrogen (secondary N) is 2. The summed E-state index contributed by atoms with van der Waals surface area (Å²) in [5, 5.41) is 6.74. The van der Waals surface area contributed by atoms with Gasteiger partial charge in [0.1, 0.15) is 16.5 Å². The number of rotatable bonds is 6. The summed E-state index contributed by atoms with van der Waals surface area (Å²) in [7, 11) is -3.67. The van der Waals surface area contributed by atoms with E-state index in [2.05, 4.69) is 20.2 Å². The van der Waals surface area contributed by atoms with E-state index in [1.54, 1.807) is 26.1 Å². The predicted molar refractivity (Wildman–Crippen MR) is 78.4 cm³/mol. The molecule has 0 aromatic carbocycles. The third kappa shape index (κ3) is 3.40. The standard InChI is InChI=1S/C13H18N4O3S/c1-4-14-13-12(6-5-7-15-13)21(18,19)16-8-11-9(2)17-20-10(11)3/h5-7,16H,4,8H2,1-3H3,(H,14,15). The molecule has 7 nitrogen and oxygen atoms in total. The van der Waals surface area contributed by atoms with E-state index in [0.29, 0.717) is 23.8 Å². The normalized spacial score (nSPS) is 11.6. The second kappa shape index (κ2) is 6.23. The van der Waals surface area contributed by atoms with E-state index in [0.717, 1.165) is 5.56 Å². The van der Waals surface area contributed by atoms with E-state index in [1.165, 1.54) is 6.07 Å². The molecule has 21 heavy (non-hydrogen) atoms. The molecule has 114 valence electrons. The molecule has 0 saturated carbocycles. The quantitative estimate of drug-likeness (QED) is 0.841. The summed E-state index contributed by atoms with van der Waals surface area (Å²) in [4.78, 5) is 4.18. The highest BCUT2D eigenvalue weighted by molar-refractivity contribution is 7.89. The average molecular weight is 310 g/mol. The summed E-state index contributed by atoms with van der Waals surface area (Å²) in [6.07, 6.45) is 1.55. The maximum absolute atomic E-state index is 12.4. The van der Waals surface area contributed by atoms with E-state index in [1.807, 2.05) is 6.92 Å². The summed E-state index contributed by atoms with van der Waals surface area (Å²) in [6, 6.07) is 3.10. The smallest absolute Gasteiger partial charge is 0.244 e. The Morgan fingerprint density at radius 3 is 2.71 bits per heavy atom. The molecule has 0 fully saturated rings. The summed E-state index contributed by atoms with van der Waals surface area (Å²) in [6.45, 7) is 6.11. The van der Waals surface area contributed by atoms with Crippen molar-refractivity contribution in [3.63, 3.8) is 0 Å². The molecule has 0 unspecified atom stereocenters. The van der Waals surface area contributed by atoms with Crippen molar-refractivity contribution in [1.82, 2.24) is 14.9 Å². The van der Waals surface area contributed by atoms with Gasteiger partial charge in [-0.05, 0) is 32.9 Å². The van der Waals surface area contributed by atoms with Gasteiger partial charge >= 0.3 is 0 Å². The fraction of sp³-hybridized carbons (Fsp3) is 0.385. The van der Waals surface area contributed by atoms with E-state index < -0.39 is 10.0 Å². The van der Waals surface area contributed by atoms with Gasteiger partial charge in [0.25, 0.3) is 0 Å². The molecule has 2 aromatic heterocycles. The lowest BCUT2D eigenvalue weighted by Gasteiger charge is -2.11. The zero-order chi connectivity index (χ0) is 15.5. The minimum atomic E-state index is -3.67. The molecule has 0 spiro atoms. The van der Waals surface area contributed by atoms with Gasteiger partial charge < -0.3 is 9.84 Å². The molecular weight excluding hydrogens is 292 g/mol. The Hall–Kier alpha value is -1.93. The van der Waals surface area contributed by atoms with Crippen LogP contribution in [0.1, 0.15) is 23.9 Å². The number of pyridine rings is 1. The molecule has 0 aliphatic rings. The van der Waals surface area contributed by atoms with Crippen LogP contribution in [0.25, 0.3) is 0 Å². The largest absolute Gasteiger partial charge is 0.369 e. The van der Waals surface area contributed by atoms with Crippen molar-refractivity contribution in [1.29, 1.82) is 0 Å². The zero-order valence-corrected chi connectivity index (χ0v) is 13.0. The van der Waals surface area contributed by atoms with Crippen LogP contribution in [0.5, 0.6) is 0 Å². The van der Waals surface area contributed by atoms with Crippen LogP contribution >= 0.6 is 0 Å². The first-order valence-electron chi connectivity index (χ1n) is 6.56. The van der Waals surface area contributed by atoms with Crippen molar-refractivity contribution in [3.05, 3.63) is 35.3 Å². The van der Waals surface area contributed by atoms with Crippen LogP contribution in [0.4, 0.5) is 5.82 Å². The number of hydrogen-bond donors (Lipinski definition) is 2. The predicted octanol–water partition coefficient (Wildman–Crippen LogP) is 1.60. The van der Waals surface area contributed by atoms with Crippen LogP contribution in [-0.2, 0) is 16.6 Å². The monoisotopic (exact) mass is 310 g/mol. The Kier molecular flexibility index (Phi) is 4.59. The molecule has 0 amide bonds. The van der Waals surface area contributed by atoms with Gasteiger partial charge in [0, 0.05) is 24.8 Å². The highest BCUT2D eigenvalue weighted by atomic mass is 32.2. The van der Waals surface area contributed by atoms with Crippen molar-refractivity contribution in [2.24, 2.45) is 0 Å². The van der Waals surface area contributed by atoms with E-state index in [9.17, 15) is 8.42 Å². The zero-order valence-electron chi connectivity index (χ0n) is 12.2. The van der Waals surface area contributed by atoms with Crippen molar-refractivity contribution in [3.8, 4) is 0 Å². The number of anilines is 1. The molecule has 0 bridgehead atoms. The first-order valence-corrected chi connectivity index (χ1v) is 8.04. The van der Waals surface area contributed by atoms with Gasteiger partial charge in [0.2, 0.25) is 10.0 Å². The first-order chi connectivity index (χ1) is 9.95. The number of hydrogen-bond acceptors (Lipinski definition) is 6. The lowest BCUT2D eigenvalue weighted by molar-refractivity contribution is 0.392. The maximum Gasteiger partial charge on any atom is 0.244 e. The second-order valence-corrected chi connectivity index (χ2v) is 6.24. The van der Waals surface area contributed by atoms with Gasteiger partial charge in [-0.3, -0.25) is 0 Å². The van der Waals surface area contributed by atoms with Crippen LogP contribution in [0.15, 0.2) is 27.7 Å². The molecule has 0 radical (unpaired) electrons. The molecule has 0 aliphatic carbocycles. The number of aryl methyl sites for hydroxylation is 2. The molecule has 8 heteroatoms. The molecule has 2 N–H and O–H groups in total. The van der Waals surface area contributed by atoms with E-state index in [-0.39, 0.29) is 11.4 Å². The fourth-order valence-corrected chi connectivity index (χ4v) is 3.03. The van der Waals surface area contributed by atoms with Gasteiger partial charge in [-0.15, -0.1) is 0 Å². The maximum atomic E-state index is 12.4. The Bertz CT molecular complexity index is 705. The van der Waals surface area contributed by atoms with Gasteiger partial charge in [0.05, 0.1) is 5.69 Å². The van der Waals surface area contributed by atoms with Gasteiger partial charge in [-0.2, -0.15) is 0 Å². The molecular formula is C13H18N4O3S. The summed E-state index contributed by atoms with van der Waals surface area (Å²) < 4.78 is 32.4. The number of sulfonamides is 1. The van der Waals surface area contributed by atoms with Crippen molar-refractivity contribution >= 4 is 15.8 Å². The SMILES string of the molecule is CCNc1ncccc1S(=O)(=O)NCc1c(C)noc1C. The highest BCUT2D eigenvalue weighted by Crippen LogP contribution is 2.19. The Labute approximate surface area is 123 Å². The van der Waals surface area contributed by atoms with Gasteiger partial charge in [-0.25, -0.2) is 18.1 Å². The minimum Gasteiger partial charge on any atom is -0.369 e. The molecule has 0 atom stereocenters. The van der Waals surface area contributed by atoms with Gasteiger partial charge in [-0.1, -0.05) is 5.16 Å². The lowest BCUT2D eigenvalue weighted by Crippen LogP contribution is -2.25. The fourth-order valence-electron chi connectivity index (χ4n) is 1.91. The van der Waals surface area contributed by atoms with Crippen LogP contribution in [0.3, 0.4) is 0 Å². The van der Waals surface area contributed by atoms with Crippen molar-refractivity contribution < 1.29 is 12.9 Å². The molecule has 0 aliphatic heterocycles. The third-order valence-corrected chi connectivity index (χ3v) is 4.46. The summed E-state index contributed by atoms with van der Waals surface area (Å²) >= 11 is 0. The van der Waals surface area contributed by atoms with E-state index in [4.69, 9.17) is 4.52 Å². The number of nitrogens with zero attached hydrogens (tertiary/aromatic N) is 2. The molecule has 2 heterocycles. The van der Waals surface area contributed by atoms with Crippen molar-refractivity contribution in [2.75, 3.05) is 11.9 Å². The first kappa shape index (κ1) is 15.5. The average Bonchev–Trinajstić information content (AvgIpc) is 2.77. The molecule has 2 aromatic rings. The van der Waals surface area contributed by atoms with Gasteiger partial charge in [0.15, 0.2) is 0 Å². The van der Waals surface area contributed by atoms with Crippen molar-refractivity contribution in [2.45, 2.75) is 32.2 Å². The van der Waals surface area contributed by atoms with Crippen LogP contribution in [0, 0.1) is 13.8 Å². The van der Waals surface area contributed by atoms with Crippen LogP contribution in [-0.4, -0.2) is 25.1 Å². The highest BCUT2D eigenvalue weighted by Gasteiger charge is 2.20.